The van der Waals surface area contributed by atoms with Gasteiger partial charge in [0.2, 0.25) is 0 Å². The lowest BCUT2D eigenvalue weighted by Crippen LogP contribution is -2.33. The Kier molecular flexibility index (Phi) is 5.76. The van der Waals surface area contributed by atoms with E-state index in [1.807, 2.05) is 12.1 Å². The Morgan fingerprint density at radius 3 is 2.59 bits per heavy atom. The zero-order valence-electron chi connectivity index (χ0n) is 13.1. The minimum Gasteiger partial charge on any atom is -0.482 e. The monoisotopic (exact) mass is 308 g/mol. The molecule has 0 aliphatic carbocycles. The van der Waals surface area contributed by atoms with E-state index in [-0.39, 0.29) is 19.3 Å². The maximum Gasteiger partial charge on any atom is 0.341 e. The molecule has 1 aromatic carbocycles. The van der Waals surface area contributed by atoms with Gasteiger partial charge in [-0.3, -0.25) is 4.90 Å². The van der Waals surface area contributed by atoms with Gasteiger partial charge in [0.25, 0.3) is 0 Å². The van der Waals surface area contributed by atoms with E-state index in [2.05, 4.69) is 23.9 Å². The van der Waals surface area contributed by atoms with Crippen LogP contribution in [-0.4, -0.2) is 71.9 Å². The number of aliphatic hydroxyl groups excluding tert-OH is 1. The summed E-state index contributed by atoms with van der Waals surface area (Å²) in [6, 6.07) is 8.10. The average molecular weight is 308 g/mol. The number of carboxylic acid groups (broad SMARTS) is 1. The van der Waals surface area contributed by atoms with Gasteiger partial charge < -0.3 is 19.8 Å². The highest BCUT2D eigenvalue weighted by Crippen LogP contribution is 2.23. The fourth-order valence-corrected chi connectivity index (χ4v) is 2.79. The van der Waals surface area contributed by atoms with Gasteiger partial charge in [0.15, 0.2) is 6.61 Å². The predicted octanol–water partition coefficient (Wildman–Crippen LogP) is 0.647. The number of rotatable bonds is 7. The summed E-state index contributed by atoms with van der Waals surface area (Å²) in [7, 11) is 4.13. The van der Waals surface area contributed by atoms with Crippen molar-refractivity contribution >= 4 is 5.97 Å². The van der Waals surface area contributed by atoms with Crippen LogP contribution >= 0.6 is 0 Å². The van der Waals surface area contributed by atoms with Crippen molar-refractivity contribution in [3.8, 4) is 5.75 Å². The number of benzene rings is 1. The zero-order valence-corrected chi connectivity index (χ0v) is 13.1. The lowest BCUT2D eigenvalue weighted by molar-refractivity contribution is -0.139. The number of aliphatic carboxylic acids is 1. The molecule has 1 saturated heterocycles. The standard InChI is InChI=1S/C16H24N2O4/c1-17(2)13-7-14(10-19)18(9-13)8-12-3-5-15(6-4-12)22-11-16(20)21/h3-6,13-14,19H,7-11H2,1-2H3,(H,20,21)/t13-,14+/m1/s1. The first-order valence-corrected chi connectivity index (χ1v) is 7.44. The van der Waals surface area contributed by atoms with Gasteiger partial charge in [0.05, 0.1) is 6.61 Å². The lowest BCUT2D eigenvalue weighted by atomic mass is 10.1. The number of nitrogens with zero attached hydrogens (tertiary/aromatic N) is 2. The van der Waals surface area contributed by atoms with Gasteiger partial charge in [-0.15, -0.1) is 0 Å². The lowest BCUT2D eigenvalue weighted by Gasteiger charge is -2.23. The number of likely N-dealkylation sites (tertiary alicyclic amines) is 1. The predicted molar refractivity (Wildman–Crippen MR) is 82.9 cm³/mol. The molecule has 2 atom stereocenters. The maximum atomic E-state index is 10.5. The Morgan fingerprint density at radius 1 is 1.36 bits per heavy atom. The SMILES string of the molecule is CN(C)[C@@H]1C[C@@H](CO)N(Cc2ccc(OCC(=O)O)cc2)C1. The van der Waals surface area contributed by atoms with Gasteiger partial charge >= 0.3 is 5.97 Å². The smallest absolute Gasteiger partial charge is 0.341 e. The fourth-order valence-electron chi connectivity index (χ4n) is 2.79. The van der Waals surface area contributed by atoms with Crippen molar-refractivity contribution in [2.45, 2.75) is 25.0 Å². The second kappa shape index (κ2) is 7.58. The molecule has 1 aromatic rings. The van der Waals surface area contributed by atoms with Gasteiger partial charge in [-0.25, -0.2) is 4.79 Å². The zero-order chi connectivity index (χ0) is 16.1. The van der Waals surface area contributed by atoms with Crippen LogP contribution in [0.25, 0.3) is 0 Å². The molecule has 1 fully saturated rings. The van der Waals surface area contributed by atoms with Crippen LogP contribution < -0.4 is 4.74 Å². The number of carboxylic acids is 1. The molecule has 1 heterocycles. The normalized spacial score (nSPS) is 22.2. The summed E-state index contributed by atoms with van der Waals surface area (Å²) >= 11 is 0. The molecule has 0 spiro atoms. The van der Waals surface area contributed by atoms with Crippen molar-refractivity contribution < 1.29 is 19.7 Å². The van der Waals surface area contributed by atoms with Crippen molar-refractivity contribution in [1.29, 1.82) is 0 Å². The Balaban J connectivity index is 1.93. The van der Waals surface area contributed by atoms with E-state index in [1.54, 1.807) is 12.1 Å². The highest BCUT2D eigenvalue weighted by atomic mass is 16.5. The van der Waals surface area contributed by atoms with E-state index in [0.29, 0.717) is 11.8 Å². The number of hydrogen-bond donors (Lipinski definition) is 2. The molecular weight excluding hydrogens is 284 g/mol. The third-order valence-electron chi connectivity index (χ3n) is 4.12. The van der Waals surface area contributed by atoms with Crippen molar-refractivity contribution in [2.75, 3.05) is 33.9 Å². The van der Waals surface area contributed by atoms with E-state index in [1.165, 1.54) is 0 Å². The van der Waals surface area contributed by atoms with Crippen LogP contribution in [0.5, 0.6) is 5.75 Å². The molecule has 6 heteroatoms. The van der Waals surface area contributed by atoms with Crippen molar-refractivity contribution in [3.05, 3.63) is 29.8 Å². The Morgan fingerprint density at radius 2 is 2.05 bits per heavy atom. The summed E-state index contributed by atoms with van der Waals surface area (Å²) in [5.74, 6) is -0.431. The quantitative estimate of drug-likeness (QED) is 0.770. The molecule has 0 aromatic heterocycles. The molecule has 22 heavy (non-hydrogen) atoms. The molecule has 0 radical (unpaired) electrons. The maximum absolute atomic E-state index is 10.5. The number of ether oxygens (including phenoxy) is 1. The molecule has 0 bridgehead atoms. The first-order valence-electron chi connectivity index (χ1n) is 7.44. The summed E-state index contributed by atoms with van der Waals surface area (Å²) in [6.07, 6.45) is 0.976. The number of likely N-dealkylation sites (N-methyl/N-ethyl adjacent to an activating group) is 1. The van der Waals surface area contributed by atoms with Crippen molar-refractivity contribution in [3.63, 3.8) is 0 Å². The summed E-state index contributed by atoms with van der Waals surface area (Å²) in [6.45, 7) is 1.55. The summed E-state index contributed by atoms with van der Waals surface area (Å²) in [5.41, 5.74) is 1.13. The fraction of sp³-hybridized carbons (Fsp3) is 0.562. The van der Waals surface area contributed by atoms with Crippen LogP contribution in [0.15, 0.2) is 24.3 Å². The molecule has 1 aliphatic rings. The van der Waals surface area contributed by atoms with Gasteiger partial charge in [-0.2, -0.15) is 0 Å². The van der Waals surface area contributed by atoms with Gasteiger partial charge in [-0.1, -0.05) is 12.1 Å². The minimum atomic E-state index is -0.985. The Bertz CT molecular complexity index is 489. The molecule has 122 valence electrons. The van der Waals surface area contributed by atoms with Crippen LogP contribution in [0, 0.1) is 0 Å². The Labute approximate surface area is 130 Å². The molecule has 2 rings (SSSR count). The van der Waals surface area contributed by atoms with Crippen LogP contribution in [0.1, 0.15) is 12.0 Å². The molecule has 6 nitrogen and oxygen atoms in total. The van der Waals surface area contributed by atoms with Crippen LogP contribution in [0.2, 0.25) is 0 Å². The minimum absolute atomic E-state index is 0.171. The third kappa shape index (κ3) is 4.43. The van der Waals surface area contributed by atoms with E-state index in [4.69, 9.17) is 9.84 Å². The Hall–Kier alpha value is -1.63. The summed E-state index contributed by atoms with van der Waals surface area (Å²) in [4.78, 5) is 15.0. The van der Waals surface area contributed by atoms with E-state index in [9.17, 15) is 9.90 Å². The topological polar surface area (TPSA) is 73.2 Å². The third-order valence-corrected chi connectivity index (χ3v) is 4.12. The molecule has 2 N–H and O–H groups in total. The van der Waals surface area contributed by atoms with Gasteiger partial charge in [0.1, 0.15) is 5.75 Å². The van der Waals surface area contributed by atoms with E-state index in [0.717, 1.165) is 25.1 Å². The first kappa shape index (κ1) is 16.7. The molecular formula is C16H24N2O4. The van der Waals surface area contributed by atoms with Gasteiger partial charge in [-0.05, 0) is 38.2 Å². The largest absolute Gasteiger partial charge is 0.482 e. The second-order valence-corrected chi connectivity index (χ2v) is 5.95. The first-order chi connectivity index (χ1) is 10.5. The molecule has 0 amide bonds. The van der Waals surface area contributed by atoms with E-state index < -0.39 is 5.97 Å². The van der Waals surface area contributed by atoms with Crippen molar-refractivity contribution in [1.82, 2.24) is 9.80 Å². The highest BCUT2D eigenvalue weighted by Gasteiger charge is 2.32. The van der Waals surface area contributed by atoms with Crippen LogP contribution in [0.4, 0.5) is 0 Å². The number of aliphatic hydroxyl groups is 1. The average Bonchev–Trinajstić information content (AvgIpc) is 2.89. The second-order valence-electron chi connectivity index (χ2n) is 5.95. The van der Waals surface area contributed by atoms with E-state index >= 15 is 0 Å². The van der Waals surface area contributed by atoms with Gasteiger partial charge in [0, 0.05) is 25.2 Å². The van der Waals surface area contributed by atoms with Crippen LogP contribution in [-0.2, 0) is 11.3 Å². The molecule has 0 unspecified atom stereocenters. The summed E-state index contributed by atoms with van der Waals surface area (Å²) in [5, 5.41) is 18.1. The molecule has 1 aliphatic heterocycles. The number of hydrogen-bond acceptors (Lipinski definition) is 5. The molecule has 0 saturated carbocycles. The highest BCUT2D eigenvalue weighted by molar-refractivity contribution is 5.68. The van der Waals surface area contributed by atoms with Crippen LogP contribution in [0.3, 0.4) is 0 Å². The van der Waals surface area contributed by atoms with Crippen molar-refractivity contribution in [2.24, 2.45) is 0 Å². The number of carbonyl (C=O) groups is 1. The summed E-state index contributed by atoms with van der Waals surface area (Å²) < 4.78 is 5.12.